The second kappa shape index (κ2) is 7.20. The SMILES string of the molecule is CCNc1cccc(SCC(O)CO)c1[N+](=O)[O-]. The van der Waals surface area contributed by atoms with Crippen LogP contribution in [0.4, 0.5) is 11.4 Å². The van der Waals surface area contributed by atoms with Crippen LogP contribution in [0, 0.1) is 10.1 Å². The molecule has 7 heteroatoms. The number of nitro groups is 1. The predicted molar refractivity (Wildman–Crippen MR) is 71.1 cm³/mol. The number of aliphatic hydroxyl groups is 2. The van der Waals surface area contributed by atoms with Crippen molar-refractivity contribution in [2.45, 2.75) is 17.9 Å². The van der Waals surface area contributed by atoms with E-state index in [0.717, 1.165) is 11.8 Å². The Morgan fingerprint density at radius 3 is 2.83 bits per heavy atom. The number of anilines is 1. The van der Waals surface area contributed by atoms with Crippen LogP contribution in [-0.2, 0) is 0 Å². The summed E-state index contributed by atoms with van der Waals surface area (Å²) in [5, 5.41) is 32.0. The zero-order valence-corrected chi connectivity index (χ0v) is 10.8. The van der Waals surface area contributed by atoms with Crippen molar-refractivity contribution in [1.29, 1.82) is 0 Å². The number of nitro benzene ring substituents is 1. The van der Waals surface area contributed by atoms with Crippen LogP contribution in [0.5, 0.6) is 0 Å². The van der Waals surface area contributed by atoms with Crippen molar-refractivity contribution >= 4 is 23.1 Å². The van der Waals surface area contributed by atoms with Gasteiger partial charge in [-0.3, -0.25) is 10.1 Å². The molecule has 18 heavy (non-hydrogen) atoms. The molecule has 0 bridgehead atoms. The van der Waals surface area contributed by atoms with E-state index in [1.807, 2.05) is 6.92 Å². The maximum absolute atomic E-state index is 11.1. The van der Waals surface area contributed by atoms with Gasteiger partial charge in [-0.2, -0.15) is 0 Å². The highest BCUT2D eigenvalue weighted by Gasteiger charge is 2.20. The summed E-state index contributed by atoms with van der Waals surface area (Å²) in [7, 11) is 0. The van der Waals surface area contributed by atoms with E-state index in [-0.39, 0.29) is 18.0 Å². The van der Waals surface area contributed by atoms with Gasteiger partial charge in [0.05, 0.1) is 22.5 Å². The zero-order chi connectivity index (χ0) is 13.5. The minimum absolute atomic E-state index is 0.00879. The Balaban J connectivity index is 2.95. The molecule has 100 valence electrons. The highest BCUT2D eigenvalue weighted by Crippen LogP contribution is 2.35. The van der Waals surface area contributed by atoms with Crippen LogP contribution in [0.25, 0.3) is 0 Å². The van der Waals surface area contributed by atoms with E-state index < -0.39 is 11.0 Å². The summed E-state index contributed by atoms with van der Waals surface area (Å²) < 4.78 is 0. The molecule has 0 fully saturated rings. The van der Waals surface area contributed by atoms with Crippen molar-refractivity contribution in [3.8, 4) is 0 Å². The average Bonchev–Trinajstić information content (AvgIpc) is 2.36. The second-order valence-corrected chi connectivity index (χ2v) is 4.65. The molecule has 1 aromatic carbocycles. The first-order chi connectivity index (χ1) is 8.60. The highest BCUT2D eigenvalue weighted by atomic mass is 32.2. The Hall–Kier alpha value is -1.31. The van der Waals surface area contributed by atoms with Gasteiger partial charge in [0, 0.05) is 12.3 Å². The molecule has 0 aliphatic carbocycles. The summed E-state index contributed by atoms with van der Waals surface area (Å²) in [6.45, 7) is 2.10. The fourth-order valence-corrected chi connectivity index (χ4v) is 2.37. The molecular formula is C11H16N2O4S. The maximum Gasteiger partial charge on any atom is 0.305 e. The molecule has 1 atom stereocenters. The Bertz CT molecular complexity index is 414. The van der Waals surface area contributed by atoms with Gasteiger partial charge in [0.25, 0.3) is 0 Å². The lowest BCUT2D eigenvalue weighted by Crippen LogP contribution is -2.14. The summed E-state index contributed by atoms with van der Waals surface area (Å²) in [5.74, 6) is 0.215. The lowest BCUT2D eigenvalue weighted by atomic mass is 10.2. The van der Waals surface area contributed by atoms with Crippen molar-refractivity contribution in [3.05, 3.63) is 28.3 Å². The molecule has 0 heterocycles. The molecule has 0 radical (unpaired) electrons. The number of para-hydroxylation sites is 1. The number of hydrogen-bond donors (Lipinski definition) is 3. The van der Waals surface area contributed by atoms with Gasteiger partial charge in [-0.05, 0) is 19.1 Å². The third-order valence-corrected chi connectivity index (χ3v) is 3.38. The molecule has 0 amide bonds. The topological polar surface area (TPSA) is 95.6 Å². The fourth-order valence-electron chi connectivity index (χ4n) is 1.40. The zero-order valence-electron chi connectivity index (χ0n) is 10.00. The summed E-state index contributed by atoms with van der Waals surface area (Å²) in [5.41, 5.74) is 0.473. The number of benzene rings is 1. The van der Waals surface area contributed by atoms with Crippen LogP contribution < -0.4 is 5.32 Å². The van der Waals surface area contributed by atoms with Crippen molar-refractivity contribution in [2.24, 2.45) is 0 Å². The van der Waals surface area contributed by atoms with E-state index in [2.05, 4.69) is 5.32 Å². The monoisotopic (exact) mass is 272 g/mol. The standard InChI is InChI=1S/C11H16N2O4S/c1-2-12-9-4-3-5-10(11(9)13(16)17)18-7-8(15)6-14/h3-5,8,12,14-15H,2,6-7H2,1H3. The Morgan fingerprint density at radius 2 is 2.28 bits per heavy atom. The van der Waals surface area contributed by atoms with Crippen LogP contribution in [0.15, 0.2) is 23.1 Å². The molecular weight excluding hydrogens is 256 g/mol. The summed E-state index contributed by atoms with van der Waals surface area (Å²) >= 11 is 1.16. The van der Waals surface area contributed by atoms with Gasteiger partial charge in [0.15, 0.2) is 0 Å². The quantitative estimate of drug-likeness (QED) is 0.395. The molecule has 1 unspecified atom stereocenters. The number of hydrogen-bond acceptors (Lipinski definition) is 6. The lowest BCUT2D eigenvalue weighted by molar-refractivity contribution is -0.386. The van der Waals surface area contributed by atoms with E-state index in [4.69, 9.17) is 5.11 Å². The largest absolute Gasteiger partial charge is 0.394 e. The van der Waals surface area contributed by atoms with Gasteiger partial charge in [0.1, 0.15) is 5.69 Å². The highest BCUT2D eigenvalue weighted by molar-refractivity contribution is 7.99. The molecule has 0 saturated heterocycles. The summed E-state index contributed by atoms with van der Waals surface area (Å²) in [6, 6.07) is 5.00. The van der Waals surface area contributed by atoms with Gasteiger partial charge in [0.2, 0.25) is 0 Å². The number of nitrogens with one attached hydrogen (secondary N) is 1. The molecule has 1 rings (SSSR count). The van der Waals surface area contributed by atoms with Gasteiger partial charge < -0.3 is 15.5 Å². The van der Waals surface area contributed by atoms with E-state index in [1.165, 1.54) is 0 Å². The Morgan fingerprint density at radius 1 is 1.56 bits per heavy atom. The molecule has 0 spiro atoms. The Labute approximate surface area is 109 Å². The third-order valence-electron chi connectivity index (χ3n) is 2.19. The minimum Gasteiger partial charge on any atom is -0.394 e. The van der Waals surface area contributed by atoms with Gasteiger partial charge in [-0.25, -0.2) is 0 Å². The smallest absolute Gasteiger partial charge is 0.305 e. The summed E-state index contributed by atoms with van der Waals surface area (Å²) in [4.78, 5) is 11.1. The first-order valence-corrected chi connectivity index (χ1v) is 6.51. The third kappa shape index (κ3) is 3.86. The van der Waals surface area contributed by atoms with E-state index in [9.17, 15) is 15.2 Å². The van der Waals surface area contributed by atoms with Gasteiger partial charge in [-0.15, -0.1) is 11.8 Å². The normalized spacial score (nSPS) is 12.2. The molecule has 0 saturated carbocycles. The van der Waals surface area contributed by atoms with Crippen LogP contribution in [0.3, 0.4) is 0 Å². The van der Waals surface area contributed by atoms with Crippen molar-refractivity contribution in [2.75, 3.05) is 24.2 Å². The number of aliphatic hydroxyl groups excluding tert-OH is 2. The molecule has 0 aliphatic rings. The second-order valence-electron chi connectivity index (χ2n) is 3.59. The van der Waals surface area contributed by atoms with Gasteiger partial charge in [-0.1, -0.05) is 6.07 Å². The number of nitrogens with zero attached hydrogens (tertiary/aromatic N) is 1. The van der Waals surface area contributed by atoms with Gasteiger partial charge >= 0.3 is 5.69 Å². The maximum atomic E-state index is 11.1. The molecule has 0 aliphatic heterocycles. The average molecular weight is 272 g/mol. The van der Waals surface area contributed by atoms with Crippen LogP contribution >= 0.6 is 11.8 Å². The van der Waals surface area contributed by atoms with Crippen molar-refractivity contribution in [1.82, 2.24) is 0 Å². The fraction of sp³-hybridized carbons (Fsp3) is 0.455. The predicted octanol–water partition coefficient (Wildman–Crippen LogP) is 1.47. The van der Waals surface area contributed by atoms with Crippen LogP contribution in [-0.4, -0.2) is 40.1 Å². The Kier molecular flexibility index (Phi) is 5.90. The molecule has 6 nitrogen and oxygen atoms in total. The van der Waals surface area contributed by atoms with E-state index >= 15 is 0 Å². The minimum atomic E-state index is -0.877. The van der Waals surface area contributed by atoms with Crippen LogP contribution in [0.2, 0.25) is 0 Å². The van der Waals surface area contributed by atoms with Crippen LogP contribution in [0.1, 0.15) is 6.92 Å². The van der Waals surface area contributed by atoms with E-state index in [1.54, 1.807) is 18.2 Å². The first-order valence-electron chi connectivity index (χ1n) is 5.53. The number of thioether (sulfide) groups is 1. The lowest BCUT2D eigenvalue weighted by Gasteiger charge is -2.10. The first kappa shape index (κ1) is 14.7. The van der Waals surface area contributed by atoms with E-state index in [0.29, 0.717) is 17.1 Å². The summed E-state index contributed by atoms with van der Waals surface area (Å²) in [6.07, 6.45) is -0.877. The molecule has 1 aromatic rings. The molecule has 3 N–H and O–H groups in total. The van der Waals surface area contributed by atoms with Crippen molar-refractivity contribution < 1.29 is 15.1 Å². The number of rotatable bonds is 7. The van der Waals surface area contributed by atoms with Crippen molar-refractivity contribution in [3.63, 3.8) is 0 Å². The molecule has 0 aromatic heterocycles.